The number of aliphatic carboxylic acids is 1. The lowest BCUT2D eigenvalue weighted by Gasteiger charge is -2.19. The van der Waals surface area contributed by atoms with Crippen molar-refractivity contribution in [2.75, 3.05) is 46.9 Å². The molecule has 0 radical (unpaired) electrons. The van der Waals surface area contributed by atoms with Gasteiger partial charge in [0.05, 0.1) is 17.4 Å². The SMILES string of the molecule is CCCNC(=O)Nc1cccc(S(=O)(=O)Nc2cccc([C@@H](CC(=O)O)NC(=O)Nc3ccc(NC(=O)NCCNC(=O)CN4C(=O)C=CC4=O)cc3)c2)c1. The molecule has 4 rings (SSSR count). The van der Waals surface area contributed by atoms with Gasteiger partial charge >= 0.3 is 24.1 Å². The van der Waals surface area contributed by atoms with Crippen LogP contribution in [0.5, 0.6) is 0 Å². The second-order valence-corrected chi connectivity index (χ2v) is 13.5. The molecule has 1 aliphatic heterocycles. The van der Waals surface area contributed by atoms with E-state index < -0.39 is 70.8 Å². The van der Waals surface area contributed by atoms with Crippen LogP contribution in [0.15, 0.2) is 89.8 Å². The van der Waals surface area contributed by atoms with E-state index in [1.165, 1.54) is 72.8 Å². The fourth-order valence-electron chi connectivity index (χ4n) is 4.92. The molecular weight excluding hydrogens is 739 g/mol. The third-order valence-corrected chi connectivity index (χ3v) is 8.88. The van der Waals surface area contributed by atoms with E-state index in [1.54, 1.807) is 0 Å². The summed E-state index contributed by atoms with van der Waals surface area (Å²) in [5.74, 6) is -2.98. The van der Waals surface area contributed by atoms with Crippen LogP contribution in [0.2, 0.25) is 0 Å². The quantitative estimate of drug-likeness (QED) is 0.0714. The molecule has 1 atom stereocenters. The maximum Gasteiger partial charge on any atom is 0.319 e. The highest BCUT2D eigenvalue weighted by Crippen LogP contribution is 2.24. The van der Waals surface area contributed by atoms with E-state index in [4.69, 9.17) is 0 Å². The van der Waals surface area contributed by atoms with Gasteiger partial charge in [-0.25, -0.2) is 22.8 Å². The van der Waals surface area contributed by atoms with Crippen LogP contribution in [0, 0.1) is 0 Å². The third-order valence-electron chi connectivity index (χ3n) is 7.50. The number of benzene rings is 3. The van der Waals surface area contributed by atoms with E-state index in [1.807, 2.05) is 6.92 Å². The van der Waals surface area contributed by atoms with Gasteiger partial charge in [0.2, 0.25) is 5.91 Å². The summed E-state index contributed by atoms with van der Waals surface area (Å²) in [6.07, 6.45) is 2.32. The molecule has 20 heteroatoms. The van der Waals surface area contributed by atoms with Gasteiger partial charge in [0.1, 0.15) is 6.54 Å². The number of anilines is 4. The van der Waals surface area contributed by atoms with E-state index in [9.17, 15) is 47.1 Å². The molecule has 55 heavy (non-hydrogen) atoms. The first kappa shape index (κ1) is 40.8. The number of hydrogen-bond donors (Lipinski definition) is 9. The Balaban J connectivity index is 1.28. The van der Waals surface area contributed by atoms with Crippen molar-refractivity contribution in [3.63, 3.8) is 0 Å². The first-order valence-corrected chi connectivity index (χ1v) is 18.2. The van der Waals surface area contributed by atoms with Gasteiger partial charge in [0, 0.05) is 54.5 Å². The second-order valence-electron chi connectivity index (χ2n) is 11.8. The average Bonchev–Trinajstić information content (AvgIpc) is 3.45. The van der Waals surface area contributed by atoms with Gasteiger partial charge < -0.3 is 42.3 Å². The normalized spacial score (nSPS) is 12.6. The van der Waals surface area contributed by atoms with Crippen LogP contribution in [-0.2, 0) is 29.2 Å². The number of carbonyl (C=O) groups excluding carboxylic acids is 6. The van der Waals surface area contributed by atoms with Crippen LogP contribution in [0.25, 0.3) is 0 Å². The molecule has 0 saturated heterocycles. The zero-order chi connectivity index (χ0) is 40.0. The number of carboxylic acid groups (broad SMARTS) is 1. The highest BCUT2D eigenvalue weighted by Gasteiger charge is 2.25. The predicted molar refractivity (Wildman–Crippen MR) is 200 cm³/mol. The second kappa shape index (κ2) is 19.2. The molecule has 0 bridgehead atoms. The summed E-state index contributed by atoms with van der Waals surface area (Å²) in [6, 6.07) is 14.5. The monoisotopic (exact) mass is 777 g/mol. The van der Waals surface area contributed by atoms with Crippen molar-refractivity contribution in [1.29, 1.82) is 0 Å². The molecule has 1 aliphatic rings. The molecule has 0 aromatic heterocycles. The summed E-state index contributed by atoms with van der Waals surface area (Å²) in [5, 5.41) is 27.5. The number of carbonyl (C=O) groups is 7. The largest absolute Gasteiger partial charge is 0.481 e. The van der Waals surface area contributed by atoms with E-state index in [0.29, 0.717) is 23.5 Å². The van der Waals surface area contributed by atoms with E-state index in [2.05, 4.69) is 41.9 Å². The molecule has 19 nitrogen and oxygen atoms in total. The van der Waals surface area contributed by atoms with Gasteiger partial charge in [-0.15, -0.1) is 0 Å². The zero-order valence-electron chi connectivity index (χ0n) is 29.4. The first-order chi connectivity index (χ1) is 26.2. The van der Waals surface area contributed by atoms with E-state index in [-0.39, 0.29) is 29.4 Å². The lowest BCUT2D eigenvalue weighted by molar-refractivity contribution is -0.141. The average molecular weight is 778 g/mol. The minimum atomic E-state index is -4.15. The number of amides is 9. The van der Waals surface area contributed by atoms with Gasteiger partial charge in [0.15, 0.2) is 0 Å². The van der Waals surface area contributed by atoms with E-state index >= 15 is 0 Å². The molecule has 9 N–H and O–H groups in total. The summed E-state index contributed by atoms with van der Waals surface area (Å²) >= 11 is 0. The maximum atomic E-state index is 13.2. The summed E-state index contributed by atoms with van der Waals surface area (Å²) in [7, 11) is -4.15. The minimum Gasteiger partial charge on any atom is -0.481 e. The predicted octanol–water partition coefficient (Wildman–Crippen LogP) is 2.52. The van der Waals surface area contributed by atoms with Gasteiger partial charge in [-0.05, 0) is 66.6 Å². The van der Waals surface area contributed by atoms with Crippen LogP contribution >= 0.6 is 0 Å². The number of imide groups is 1. The first-order valence-electron chi connectivity index (χ1n) is 16.7. The Morgan fingerprint density at radius 3 is 1.89 bits per heavy atom. The molecular formula is C35H39N9O10S. The van der Waals surface area contributed by atoms with Gasteiger partial charge in [0.25, 0.3) is 21.8 Å². The van der Waals surface area contributed by atoms with E-state index in [0.717, 1.165) is 23.5 Å². The molecule has 0 aliphatic carbocycles. The molecule has 9 amide bonds. The summed E-state index contributed by atoms with van der Waals surface area (Å²) in [6.45, 7) is 1.96. The lowest BCUT2D eigenvalue weighted by atomic mass is 10.0. The minimum absolute atomic E-state index is 0.0324. The standard InChI is InChI=1S/C35H39N9O10S/c1-2-15-37-33(50)41-25-6-4-8-27(19-25)55(53,54)43-26-7-3-5-22(18-26)28(20-32(48)49)42-35(52)40-24-11-9-23(10-12-24)39-34(51)38-17-16-36-29(45)21-44-30(46)13-14-31(44)47/h3-14,18-19,28,43H,2,15-17,20-21H2,1H3,(H,36,45)(H,48,49)(H2,37,41,50)(H2,38,39,51)(H2,40,42,52)/t28-/m1/s1. The molecule has 3 aromatic rings. The summed E-state index contributed by atoms with van der Waals surface area (Å²) < 4.78 is 28.9. The number of sulfonamides is 1. The molecule has 0 saturated carbocycles. The van der Waals surface area contributed by atoms with Crippen molar-refractivity contribution in [1.82, 2.24) is 26.2 Å². The highest BCUT2D eigenvalue weighted by molar-refractivity contribution is 7.92. The van der Waals surface area contributed by atoms with Crippen LogP contribution in [0.3, 0.4) is 0 Å². The lowest BCUT2D eigenvalue weighted by Crippen LogP contribution is -2.43. The smallest absolute Gasteiger partial charge is 0.319 e. The summed E-state index contributed by atoms with van der Waals surface area (Å²) in [5.41, 5.74) is 1.29. The van der Waals surface area contributed by atoms with Crippen molar-refractivity contribution >= 4 is 74.6 Å². The molecule has 0 fully saturated rings. The number of carboxylic acids is 1. The Bertz CT molecular complexity index is 2060. The Hall–Kier alpha value is -6.96. The number of nitrogens with zero attached hydrogens (tertiary/aromatic N) is 1. The topological polar surface area (TPSA) is 273 Å². The molecule has 3 aromatic carbocycles. The number of rotatable bonds is 17. The molecule has 1 heterocycles. The number of hydrogen-bond acceptors (Lipinski definition) is 9. The van der Waals surface area contributed by atoms with Crippen molar-refractivity contribution < 1.29 is 47.1 Å². The Morgan fingerprint density at radius 2 is 1.25 bits per heavy atom. The van der Waals surface area contributed by atoms with Crippen molar-refractivity contribution in [3.8, 4) is 0 Å². The van der Waals surface area contributed by atoms with Crippen LogP contribution in [0.1, 0.15) is 31.4 Å². The van der Waals surface area contributed by atoms with Gasteiger partial charge in [-0.2, -0.15) is 0 Å². The number of urea groups is 3. The molecule has 0 unspecified atom stereocenters. The van der Waals surface area contributed by atoms with Crippen LogP contribution in [-0.4, -0.2) is 86.4 Å². The van der Waals surface area contributed by atoms with Crippen LogP contribution in [0.4, 0.5) is 37.1 Å². The third kappa shape index (κ3) is 12.9. The summed E-state index contributed by atoms with van der Waals surface area (Å²) in [4.78, 5) is 84.6. The van der Waals surface area contributed by atoms with Gasteiger partial charge in [-0.1, -0.05) is 25.1 Å². The Kier molecular flexibility index (Phi) is 14.3. The zero-order valence-corrected chi connectivity index (χ0v) is 30.2. The van der Waals surface area contributed by atoms with Crippen molar-refractivity contribution in [2.24, 2.45) is 0 Å². The Morgan fingerprint density at radius 1 is 0.691 bits per heavy atom. The van der Waals surface area contributed by atoms with Crippen molar-refractivity contribution in [2.45, 2.75) is 30.7 Å². The fourth-order valence-corrected chi connectivity index (χ4v) is 6.01. The molecule has 0 spiro atoms. The van der Waals surface area contributed by atoms with Crippen LogP contribution < -0.4 is 41.9 Å². The molecule has 290 valence electrons. The number of nitrogens with one attached hydrogen (secondary N) is 8. The van der Waals surface area contributed by atoms with Gasteiger partial charge in [-0.3, -0.25) is 28.8 Å². The fraction of sp³-hybridized carbons (Fsp3) is 0.229. The highest BCUT2D eigenvalue weighted by atomic mass is 32.2. The Labute approximate surface area is 315 Å². The van der Waals surface area contributed by atoms with Crippen molar-refractivity contribution in [3.05, 3.63) is 90.5 Å². The maximum absolute atomic E-state index is 13.2.